The van der Waals surface area contributed by atoms with Gasteiger partial charge in [0.15, 0.2) is 0 Å². The molecule has 0 aromatic heterocycles. The minimum absolute atomic E-state index is 0.135. The maximum atomic E-state index is 11.9. The van der Waals surface area contributed by atoms with Crippen LogP contribution in [0.3, 0.4) is 0 Å². The fourth-order valence-electron chi connectivity index (χ4n) is 1.36. The lowest BCUT2D eigenvalue weighted by Gasteiger charge is -2.13. The number of hydrogen-bond acceptors (Lipinski definition) is 3. The zero-order valence-electron chi connectivity index (χ0n) is 10.9. The number of nitrogens with one attached hydrogen (secondary N) is 2. The van der Waals surface area contributed by atoms with Crippen LogP contribution in [-0.2, 0) is 4.79 Å². The molecule has 4 nitrogen and oxygen atoms in total. The molecule has 0 spiro atoms. The van der Waals surface area contributed by atoms with Gasteiger partial charge in [-0.25, -0.2) is 0 Å². The summed E-state index contributed by atoms with van der Waals surface area (Å²) in [6, 6.07) is 6.83. The summed E-state index contributed by atoms with van der Waals surface area (Å²) in [5.41, 5.74) is 0.891. The normalized spacial score (nSPS) is 11.2. The molecule has 1 atom stereocenters. The first kappa shape index (κ1) is 15.1. The van der Waals surface area contributed by atoms with E-state index in [1.165, 1.54) is 11.8 Å². The van der Waals surface area contributed by atoms with Crippen molar-refractivity contribution in [3.05, 3.63) is 29.8 Å². The summed E-state index contributed by atoms with van der Waals surface area (Å²) >= 11 is 1.44. The van der Waals surface area contributed by atoms with Gasteiger partial charge in [-0.2, -0.15) is 11.8 Å². The Labute approximate surface area is 117 Å². The highest BCUT2D eigenvalue weighted by atomic mass is 32.2. The van der Waals surface area contributed by atoms with E-state index in [2.05, 4.69) is 16.6 Å². The van der Waals surface area contributed by atoms with E-state index in [1.54, 1.807) is 31.2 Å². The van der Waals surface area contributed by atoms with Crippen molar-refractivity contribution >= 4 is 29.3 Å². The van der Waals surface area contributed by atoms with Crippen molar-refractivity contribution < 1.29 is 9.59 Å². The number of carbonyl (C=O) groups is 2. The van der Waals surface area contributed by atoms with Crippen molar-refractivity contribution in [3.63, 3.8) is 0 Å². The van der Waals surface area contributed by atoms with Crippen molar-refractivity contribution in [3.8, 4) is 12.3 Å². The van der Waals surface area contributed by atoms with E-state index in [4.69, 9.17) is 6.42 Å². The van der Waals surface area contributed by atoms with Crippen LogP contribution >= 0.6 is 11.8 Å². The molecule has 1 unspecified atom stereocenters. The third kappa shape index (κ3) is 4.34. The van der Waals surface area contributed by atoms with E-state index in [0.717, 1.165) is 0 Å². The number of amides is 2. The largest absolute Gasteiger partial charge is 0.341 e. The van der Waals surface area contributed by atoms with Gasteiger partial charge >= 0.3 is 0 Å². The van der Waals surface area contributed by atoms with Crippen LogP contribution in [0.15, 0.2) is 24.3 Å². The third-order valence-electron chi connectivity index (χ3n) is 2.50. The number of carbonyl (C=O) groups excluding carboxylic acids is 2. The summed E-state index contributed by atoms with van der Waals surface area (Å²) in [7, 11) is 0. The molecule has 1 aromatic carbocycles. The maximum absolute atomic E-state index is 11.9. The number of thioether (sulfide) groups is 1. The monoisotopic (exact) mass is 276 g/mol. The quantitative estimate of drug-likeness (QED) is 0.805. The molecule has 0 bridgehead atoms. The molecule has 0 aliphatic heterocycles. The van der Waals surface area contributed by atoms with Gasteiger partial charge in [0.05, 0.1) is 23.0 Å². The molecule has 1 rings (SSSR count). The molecule has 19 heavy (non-hydrogen) atoms. The van der Waals surface area contributed by atoms with Gasteiger partial charge in [-0.05, 0) is 25.3 Å². The molecule has 0 aliphatic carbocycles. The smallest absolute Gasteiger partial charge is 0.254 e. The lowest BCUT2D eigenvalue weighted by atomic mass is 10.1. The SMILES string of the molecule is C#CCNC(=O)c1ccccc1NC(=O)C(C)SC. The van der Waals surface area contributed by atoms with Gasteiger partial charge in [-0.15, -0.1) is 6.42 Å². The first-order valence-electron chi connectivity index (χ1n) is 5.74. The molecule has 2 N–H and O–H groups in total. The molecule has 5 heteroatoms. The number of rotatable bonds is 5. The number of para-hydroxylation sites is 1. The number of benzene rings is 1. The zero-order chi connectivity index (χ0) is 14.3. The Morgan fingerprint density at radius 2 is 2.11 bits per heavy atom. The molecular weight excluding hydrogens is 260 g/mol. The summed E-state index contributed by atoms with van der Waals surface area (Å²) < 4.78 is 0. The highest BCUT2D eigenvalue weighted by Crippen LogP contribution is 2.17. The van der Waals surface area contributed by atoms with Gasteiger partial charge in [0, 0.05) is 0 Å². The summed E-state index contributed by atoms with van der Waals surface area (Å²) in [5.74, 6) is 1.90. The van der Waals surface area contributed by atoms with Crippen molar-refractivity contribution in [2.75, 3.05) is 18.1 Å². The van der Waals surface area contributed by atoms with Crippen LogP contribution < -0.4 is 10.6 Å². The second kappa shape index (κ2) is 7.49. The standard InChI is InChI=1S/C14H16N2O2S/c1-4-9-15-14(18)11-7-5-6-8-12(11)16-13(17)10(2)19-3/h1,5-8,10H,9H2,2-3H3,(H,15,18)(H,16,17). The summed E-state index contributed by atoms with van der Waals surface area (Å²) in [5, 5.41) is 5.14. The Morgan fingerprint density at radius 3 is 2.74 bits per heavy atom. The Hall–Kier alpha value is -1.93. The topological polar surface area (TPSA) is 58.2 Å². The van der Waals surface area contributed by atoms with E-state index in [0.29, 0.717) is 11.3 Å². The zero-order valence-corrected chi connectivity index (χ0v) is 11.7. The predicted molar refractivity (Wildman–Crippen MR) is 79.2 cm³/mol. The van der Waals surface area contributed by atoms with E-state index in [-0.39, 0.29) is 23.6 Å². The second-order valence-corrected chi connectivity index (χ2v) is 4.98. The molecule has 0 saturated heterocycles. The molecule has 0 aliphatic rings. The van der Waals surface area contributed by atoms with Crippen LogP contribution in [-0.4, -0.2) is 29.9 Å². The number of hydrogen-bond donors (Lipinski definition) is 2. The van der Waals surface area contributed by atoms with Gasteiger partial charge in [-0.3, -0.25) is 9.59 Å². The molecule has 0 saturated carbocycles. The van der Waals surface area contributed by atoms with Gasteiger partial charge in [0.1, 0.15) is 0 Å². The Balaban J connectivity index is 2.87. The van der Waals surface area contributed by atoms with Crippen LogP contribution in [0.1, 0.15) is 17.3 Å². The maximum Gasteiger partial charge on any atom is 0.254 e. The highest BCUT2D eigenvalue weighted by molar-refractivity contribution is 7.99. The Morgan fingerprint density at radius 1 is 1.42 bits per heavy atom. The van der Waals surface area contributed by atoms with Crippen molar-refractivity contribution in [1.82, 2.24) is 5.32 Å². The molecular formula is C14H16N2O2S. The Kier molecular flexibility index (Phi) is 5.97. The molecule has 100 valence electrons. The molecule has 0 fully saturated rings. The average molecular weight is 276 g/mol. The van der Waals surface area contributed by atoms with Gasteiger partial charge < -0.3 is 10.6 Å². The van der Waals surface area contributed by atoms with Crippen LogP contribution in [0.25, 0.3) is 0 Å². The minimum Gasteiger partial charge on any atom is -0.341 e. The summed E-state index contributed by atoms with van der Waals surface area (Å²) in [4.78, 5) is 23.7. The number of terminal acetylenes is 1. The van der Waals surface area contributed by atoms with Gasteiger partial charge in [0.2, 0.25) is 5.91 Å². The minimum atomic E-state index is -0.300. The lowest BCUT2D eigenvalue weighted by Crippen LogP contribution is -2.27. The Bertz CT molecular complexity index is 508. The van der Waals surface area contributed by atoms with Crippen molar-refractivity contribution in [2.24, 2.45) is 0 Å². The van der Waals surface area contributed by atoms with Crippen LogP contribution in [0.4, 0.5) is 5.69 Å². The summed E-state index contributed by atoms with van der Waals surface area (Å²) in [6.45, 7) is 1.96. The number of anilines is 1. The fourth-order valence-corrected chi connectivity index (χ4v) is 1.63. The van der Waals surface area contributed by atoms with E-state index >= 15 is 0 Å². The highest BCUT2D eigenvalue weighted by Gasteiger charge is 2.15. The molecule has 1 aromatic rings. The first-order valence-corrected chi connectivity index (χ1v) is 7.03. The fraction of sp³-hybridized carbons (Fsp3) is 0.286. The van der Waals surface area contributed by atoms with Crippen LogP contribution in [0.5, 0.6) is 0 Å². The van der Waals surface area contributed by atoms with E-state index in [1.807, 2.05) is 6.26 Å². The molecule has 0 heterocycles. The van der Waals surface area contributed by atoms with Crippen molar-refractivity contribution in [2.45, 2.75) is 12.2 Å². The van der Waals surface area contributed by atoms with Crippen LogP contribution in [0.2, 0.25) is 0 Å². The lowest BCUT2D eigenvalue weighted by molar-refractivity contribution is -0.115. The predicted octanol–water partition coefficient (Wildman–Crippen LogP) is 1.74. The molecule has 2 amide bonds. The van der Waals surface area contributed by atoms with E-state index < -0.39 is 0 Å². The third-order valence-corrected chi connectivity index (χ3v) is 3.42. The van der Waals surface area contributed by atoms with Gasteiger partial charge in [-0.1, -0.05) is 18.1 Å². The van der Waals surface area contributed by atoms with Crippen molar-refractivity contribution in [1.29, 1.82) is 0 Å². The molecule has 0 radical (unpaired) electrons. The van der Waals surface area contributed by atoms with Crippen LogP contribution in [0, 0.1) is 12.3 Å². The average Bonchev–Trinajstić information content (AvgIpc) is 2.44. The van der Waals surface area contributed by atoms with E-state index in [9.17, 15) is 9.59 Å². The second-order valence-electron chi connectivity index (χ2n) is 3.80. The summed E-state index contributed by atoms with van der Waals surface area (Å²) in [6.07, 6.45) is 6.95. The van der Waals surface area contributed by atoms with Gasteiger partial charge in [0.25, 0.3) is 5.91 Å². The first-order chi connectivity index (χ1) is 9.10.